The predicted molar refractivity (Wildman–Crippen MR) is 82.7 cm³/mol. The van der Waals surface area contributed by atoms with E-state index < -0.39 is 0 Å². The Hall–Kier alpha value is -1.25. The zero-order valence-corrected chi connectivity index (χ0v) is 13.6. The Kier molecular flexibility index (Phi) is 5.89. The normalized spacial score (nSPS) is 17.7. The minimum absolute atomic E-state index is 0.231. The predicted octanol–water partition coefficient (Wildman–Crippen LogP) is 1.32. The summed E-state index contributed by atoms with van der Waals surface area (Å²) in [5.74, 6) is 0.465. The Labute approximate surface area is 129 Å². The molecule has 2 amide bonds. The van der Waals surface area contributed by atoms with Crippen LogP contribution < -0.4 is 10.6 Å². The molecule has 1 aliphatic rings. The lowest BCUT2D eigenvalue weighted by Crippen LogP contribution is -2.51. The fourth-order valence-corrected chi connectivity index (χ4v) is 2.97. The minimum atomic E-state index is -0.231. The summed E-state index contributed by atoms with van der Waals surface area (Å²) in [5.41, 5.74) is 0. The van der Waals surface area contributed by atoms with Gasteiger partial charge in [-0.05, 0) is 12.8 Å². The first-order valence-electron chi connectivity index (χ1n) is 7.23. The van der Waals surface area contributed by atoms with Gasteiger partial charge in [-0.1, -0.05) is 25.2 Å². The van der Waals surface area contributed by atoms with E-state index in [1.165, 1.54) is 11.3 Å². The van der Waals surface area contributed by atoms with Crippen molar-refractivity contribution in [1.82, 2.24) is 20.4 Å². The number of carbonyl (C=O) groups is 1. The lowest BCUT2D eigenvalue weighted by atomic mass is 10.0. The maximum absolute atomic E-state index is 11.9. The Bertz CT molecular complexity index is 459. The summed E-state index contributed by atoms with van der Waals surface area (Å²) in [6.07, 6.45) is 0. The number of anilines is 1. The molecule has 0 bridgehead atoms. The topological polar surface area (TPSA) is 79.4 Å². The van der Waals surface area contributed by atoms with Gasteiger partial charge >= 0.3 is 6.03 Å². The number of amides is 2. The second kappa shape index (κ2) is 7.67. The van der Waals surface area contributed by atoms with Gasteiger partial charge in [0.1, 0.15) is 5.01 Å². The number of rotatable bonds is 5. The van der Waals surface area contributed by atoms with Gasteiger partial charge in [0.25, 0.3) is 0 Å². The molecule has 2 rings (SSSR count). The molecule has 2 N–H and O–H groups in total. The molecule has 1 unspecified atom stereocenters. The fraction of sp³-hybridized carbons (Fsp3) is 0.769. The van der Waals surface area contributed by atoms with E-state index >= 15 is 0 Å². The first-order chi connectivity index (χ1) is 10.1. The molecule has 0 spiro atoms. The van der Waals surface area contributed by atoms with Crippen LogP contribution in [0.15, 0.2) is 0 Å². The Morgan fingerprint density at radius 2 is 2.10 bits per heavy atom. The highest BCUT2D eigenvalue weighted by Gasteiger charge is 2.24. The molecule has 2 heterocycles. The largest absolute Gasteiger partial charge is 0.379 e. The summed E-state index contributed by atoms with van der Waals surface area (Å²) in [7, 11) is 0. The van der Waals surface area contributed by atoms with Gasteiger partial charge in [0, 0.05) is 25.7 Å². The monoisotopic (exact) mass is 313 g/mol. The lowest BCUT2D eigenvalue weighted by Gasteiger charge is -2.36. The molecular weight excluding hydrogens is 290 g/mol. The molecule has 7 nitrogen and oxygen atoms in total. The van der Waals surface area contributed by atoms with Crippen molar-refractivity contribution in [1.29, 1.82) is 0 Å². The van der Waals surface area contributed by atoms with Crippen LogP contribution in [0.3, 0.4) is 0 Å². The zero-order valence-electron chi connectivity index (χ0n) is 12.8. The van der Waals surface area contributed by atoms with Gasteiger partial charge < -0.3 is 10.1 Å². The molecule has 1 fully saturated rings. The van der Waals surface area contributed by atoms with E-state index in [-0.39, 0.29) is 6.03 Å². The Morgan fingerprint density at radius 3 is 2.67 bits per heavy atom. The molecule has 1 aliphatic heterocycles. The van der Waals surface area contributed by atoms with Crippen molar-refractivity contribution in [3.05, 3.63) is 5.01 Å². The summed E-state index contributed by atoms with van der Waals surface area (Å²) < 4.78 is 5.38. The van der Waals surface area contributed by atoms with E-state index in [0.717, 1.165) is 31.3 Å². The molecule has 1 atom stereocenters. The lowest BCUT2D eigenvalue weighted by molar-refractivity contribution is 0.00728. The van der Waals surface area contributed by atoms with Gasteiger partial charge in [0.2, 0.25) is 5.13 Å². The molecule has 118 valence electrons. The highest BCUT2D eigenvalue weighted by atomic mass is 32.1. The number of hydrogen-bond donors (Lipinski definition) is 2. The van der Waals surface area contributed by atoms with Crippen LogP contribution in [-0.2, 0) is 4.74 Å². The summed E-state index contributed by atoms with van der Waals surface area (Å²) in [5, 5.41) is 14.7. The van der Waals surface area contributed by atoms with Crippen LogP contribution in [-0.4, -0.2) is 60.0 Å². The standard InChI is InChI=1S/C13H23N5O2S/c1-9(2)11(18-4-6-20-7-5-18)8-14-12(19)15-13-17-16-10(3)21-13/h9,11H,4-8H2,1-3H3,(H2,14,15,17,19). The third-order valence-corrected chi connectivity index (χ3v) is 4.26. The first kappa shape index (κ1) is 16.1. The van der Waals surface area contributed by atoms with Crippen LogP contribution >= 0.6 is 11.3 Å². The van der Waals surface area contributed by atoms with E-state index in [1.807, 2.05) is 6.92 Å². The number of aromatic nitrogens is 2. The second-order valence-electron chi connectivity index (χ2n) is 5.42. The molecule has 1 aromatic heterocycles. The van der Waals surface area contributed by atoms with Gasteiger partial charge in [0.15, 0.2) is 0 Å². The molecule has 0 aromatic carbocycles. The average Bonchev–Trinajstić information content (AvgIpc) is 2.85. The second-order valence-corrected chi connectivity index (χ2v) is 6.60. The molecule has 0 radical (unpaired) electrons. The first-order valence-corrected chi connectivity index (χ1v) is 8.04. The average molecular weight is 313 g/mol. The molecule has 0 aliphatic carbocycles. The van der Waals surface area contributed by atoms with Crippen LogP contribution in [0, 0.1) is 12.8 Å². The molecule has 21 heavy (non-hydrogen) atoms. The third-order valence-electron chi connectivity index (χ3n) is 3.50. The summed E-state index contributed by atoms with van der Waals surface area (Å²) in [4.78, 5) is 14.3. The Morgan fingerprint density at radius 1 is 1.38 bits per heavy atom. The zero-order chi connectivity index (χ0) is 15.2. The molecular formula is C13H23N5O2S. The molecule has 8 heteroatoms. The number of ether oxygens (including phenoxy) is 1. The van der Waals surface area contributed by atoms with E-state index in [0.29, 0.717) is 23.6 Å². The SMILES string of the molecule is Cc1nnc(NC(=O)NCC(C(C)C)N2CCOCC2)s1. The van der Waals surface area contributed by atoms with Crippen molar-refractivity contribution < 1.29 is 9.53 Å². The van der Waals surface area contributed by atoms with Gasteiger partial charge in [-0.2, -0.15) is 0 Å². The van der Waals surface area contributed by atoms with Crippen molar-refractivity contribution in [2.75, 3.05) is 38.2 Å². The number of nitrogens with one attached hydrogen (secondary N) is 2. The van der Waals surface area contributed by atoms with E-state index in [1.54, 1.807) is 0 Å². The van der Waals surface area contributed by atoms with Crippen molar-refractivity contribution in [3.63, 3.8) is 0 Å². The van der Waals surface area contributed by atoms with Gasteiger partial charge in [-0.3, -0.25) is 10.2 Å². The fourth-order valence-electron chi connectivity index (χ4n) is 2.38. The third kappa shape index (κ3) is 4.90. The maximum Gasteiger partial charge on any atom is 0.321 e. The Balaban J connectivity index is 1.81. The van der Waals surface area contributed by atoms with Gasteiger partial charge in [-0.25, -0.2) is 4.79 Å². The molecule has 1 saturated heterocycles. The van der Waals surface area contributed by atoms with Gasteiger partial charge in [0.05, 0.1) is 13.2 Å². The number of aryl methyl sites for hydroxylation is 1. The van der Waals surface area contributed by atoms with Crippen molar-refractivity contribution in [2.45, 2.75) is 26.8 Å². The van der Waals surface area contributed by atoms with Crippen LogP contribution in [0.2, 0.25) is 0 Å². The van der Waals surface area contributed by atoms with E-state index in [4.69, 9.17) is 4.74 Å². The quantitative estimate of drug-likeness (QED) is 0.857. The number of carbonyl (C=O) groups excluding carboxylic acids is 1. The number of morpholine rings is 1. The van der Waals surface area contributed by atoms with Crippen LogP contribution in [0.5, 0.6) is 0 Å². The smallest absolute Gasteiger partial charge is 0.321 e. The van der Waals surface area contributed by atoms with Crippen LogP contribution in [0.25, 0.3) is 0 Å². The highest BCUT2D eigenvalue weighted by Crippen LogP contribution is 2.14. The van der Waals surface area contributed by atoms with E-state index in [9.17, 15) is 4.79 Å². The number of hydrogen-bond acceptors (Lipinski definition) is 6. The maximum atomic E-state index is 11.9. The summed E-state index contributed by atoms with van der Waals surface area (Å²) in [6.45, 7) is 10.2. The highest BCUT2D eigenvalue weighted by molar-refractivity contribution is 7.15. The summed E-state index contributed by atoms with van der Waals surface area (Å²) >= 11 is 1.36. The van der Waals surface area contributed by atoms with Crippen LogP contribution in [0.1, 0.15) is 18.9 Å². The minimum Gasteiger partial charge on any atom is -0.379 e. The number of urea groups is 1. The summed E-state index contributed by atoms with van der Waals surface area (Å²) in [6, 6.07) is 0.0841. The van der Waals surface area contributed by atoms with Crippen molar-refractivity contribution in [2.24, 2.45) is 5.92 Å². The van der Waals surface area contributed by atoms with Gasteiger partial charge in [-0.15, -0.1) is 10.2 Å². The van der Waals surface area contributed by atoms with Crippen LogP contribution in [0.4, 0.5) is 9.93 Å². The molecule has 1 aromatic rings. The van der Waals surface area contributed by atoms with Crippen molar-refractivity contribution in [3.8, 4) is 0 Å². The van der Waals surface area contributed by atoms with Crippen molar-refractivity contribution >= 4 is 22.5 Å². The molecule has 0 saturated carbocycles. The van der Waals surface area contributed by atoms with E-state index in [2.05, 4.69) is 39.6 Å². The number of nitrogens with zero attached hydrogens (tertiary/aromatic N) is 3.